The van der Waals surface area contributed by atoms with Crippen LogP contribution in [0.1, 0.15) is 37.3 Å². The summed E-state index contributed by atoms with van der Waals surface area (Å²) in [5, 5.41) is 0. The summed E-state index contributed by atoms with van der Waals surface area (Å²) in [6, 6.07) is 6.17. The van der Waals surface area contributed by atoms with Gasteiger partial charge in [-0.05, 0) is 30.9 Å². The Balaban J connectivity index is 1.93. The minimum absolute atomic E-state index is 0.0877. The fraction of sp³-hybridized carbons (Fsp3) is 0.588. The number of rotatable bonds is 5. The largest absolute Gasteiger partial charge is 0.488 e. The molecule has 0 unspecified atom stereocenters. The molecule has 3 rings (SSSR count). The smallest absolute Gasteiger partial charge is 0.316 e. The van der Waals surface area contributed by atoms with Crippen molar-refractivity contribution in [2.24, 2.45) is 0 Å². The van der Waals surface area contributed by atoms with Crippen LogP contribution in [0.15, 0.2) is 18.2 Å². The Kier molecular flexibility index (Phi) is 3.89. The number of hydrogen-bond acceptors (Lipinski definition) is 4. The fourth-order valence-corrected chi connectivity index (χ4v) is 2.96. The summed E-state index contributed by atoms with van der Waals surface area (Å²) in [6.45, 7) is 3.48. The van der Waals surface area contributed by atoms with Crippen molar-refractivity contribution < 1.29 is 19.0 Å². The van der Waals surface area contributed by atoms with E-state index in [1.165, 1.54) is 12.7 Å². The van der Waals surface area contributed by atoms with E-state index in [0.717, 1.165) is 43.6 Å². The summed E-state index contributed by atoms with van der Waals surface area (Å²) in [6.07, 6.45) is 3.61. The standard InChI is InChI=1S/C17H22O4/c1-3-12-4-5-15(21-13-6-9-20-11-13)14(10-12)17(7-8-17)16(18)19-2/h4-5,10,13H,3,6-9,11H2,1-2H3/t13-/m0/s1. The molecular weight excluding hydrogens is 268 g/mol. The van der Waals surface area contributed by atoms with Crippen molar-refractivity contribution in [1.29, 1.82) is 0 Å². The first kappa shape index (κ1) is 14.4. The first-order valence-corrected chi connectivity index (χ1v) is 7.66. The predicted octanol–water partition coefficient (Wildman–Crippen LogP) is 2.62. The van der Waals surface area contributed by atoms with Crippen molar-refractivity contribution in [3.8, 4) is 5.75 Å². The molecule has 4 heteroatoms. The van der Waals surface area contributed by atoms with Gasteiger partial charge in [-0.25, -0.2) is 0 Å². The first-order chi connectivity index (χ1) is 10.2. The molecular formula is C17H22O4. The van der Waals surface area contributed by atoms with Crippen LogP contribution in [0.3, 0.4) is 0 Å². The maximum atomic E-state index is 12.2. The van der Waals surface area contributed by atoms with Gasteiger partial charge in [0.05, 0.1) is 25.7 Å². The molecule has 0 bridgehead atoms. The fourth-order valence-electron chi connectivity index (χ4n) is 2.96. The van der Waals surface area contributed by atoms with Crippen molar-refractivity contribution in [3.05, 3.63) is 29.3 Å². The second-order valence-corrected chi connectivity index (χ2v) is 5.86. The van der Waals surface area contributed by atoms with Gasteiger partial charge in [-0.15, -0.1) is 0 Å². The van der Waals surface area contributed by atoms with E-state index in [2.05, 4.69) is 19.1 Å². The normalized spacial score (nSPS) is 22.9. The lowest BCUT2D eigenvalue weighted by Crippen LogP contribution is -2.25. The minimum Gasteiger partial charge on any atom is -0.488 e. The first-order valence-electron chi connectivity index (χ1n) is 7.66. The zero-order valence-electron chi connectivity index (χ0n) is 12.7. The summed E-state index contributed by atoms with van der Waals surface area (Å²) in [5.74, 6) is 0.661. The van der Waals surface area contributed by atoms with E-state index in [-0.39, 0.29) is 12.1 Å². The van der Waals surface area contributed by atoms with Crippen molar-refractivity contribution in [2.45, 2.75) is 44.1 Å². The number of methoxy groups -OCH3 is 1. The summed E-state index contributed by atoms with van der Waals surface area (Å²) in [5.41, 5.74) is 1.71. The molecule has 1 aliphatic heterocycles. The lowest BCUT2D eigenvalue weighted by atomic mass is 9.92. The Morgan fingerprint density at radius 2 is 2.24 bits per heavy atom. The Hall–Kier alpha value is -1.55. The van der Waals surface area contributed by atoms with Gasteiger partial charge in [-0.1, -0.05) is 19.1 Å². The Bertz CT molecular complexity index is 528. The van der Waals surface area contributed by atoms with Crippen LogP contribution < -0.4 is 4.74 Å². The predicted molar refractivity (Wildman–Crippen MR) is 78.6 cm³/mol. The van der Waals surface area contributed by atoms with E-state index in [1.54, 1.807) is 0 Å². The molecule has 1 saturated heterocycles. The van der Waals surface area contributed by atoms with E-state index in [0.29, 0.717) is 6.61 Å². The lowest BCUT2D eigenvalue weighted by molar-refractivity contribution is -0.143. The molecule has 0 spiro atoms. The molecule has 1 atom stereocenters. The highest BCUT2D eigenvalue weighted by Crippen LogP contribution is 2.52. The Labute approximate surface area is 125 Å². The van der Waals surface area contributed by atoms with Gasteiger partial charge >= 0.3 is 5.97 Å². The molecule has 1 heterocycles. The molecule has 1 aromatic rings. The van der Waals surface area contributed by atoms with Crippen LogP contribution in [0.5, 0.6) is 5.75 Å². The molecule has 1 aromatic carbocycles. The second-order valence-electron chi connectivity index (χ2n) is 5.86. The van der Waals surface area contributed by atoms with Gasteiger partial charge in [0.25, 0.3) is 0 Å². The molecule has 0 N–H and O–H groups in total. The van der Waals surface area contributed by atoms with E-state index >= 15 is 0 Å². The second kappa shape index (κ2) is 5.68. The summed E-state index contributed by atoms with van der Waals surface area (Å²) < 4.78 is 16.5. The lowest BCUT2D eigenvalue weighted by Gasteiger charge is -2.21. The van der Waals surface area contributed by atoms with Crippen LogP contribution in [-0.2, 0) is 26.1 Å². The van der Waals surface area contributed by atoms with Gasteiger partial charge in [-0.2, -0.15) is 0 Å². The maximum absolute atomic E-state index is 12.2. The highest BCUT2D eigenvalue weighted by molar-refractivity contribution is 5.87. The molecule has 0 aromatic heterocycles. The molecule has 4 nitrogen and oxygen atoms in total. The molecule has 1 saturated carbocycles. The third kappa shape index (κ3) is 2.64. The van der Waals surface area contributed by atoms with Gasteiger partial charge in [0, 0.05) is 12.0 Å². The third-order valence-corrected chi connectivity index (χ3v) is 4.48. The van der Waals surface area contributed by atoms with Crippen molar-refractivity contribution >= 4 is 5.97 Å². The summed E-state index contributed by atoms with van der Waals surface area (Å²) >= 11 is 0. The Morgan fingerprint density at radius 3 is 2.81 bits per heavy atom. The number of ether oxygens (including phenoxy) is 3. The van der Waals surface area contributed by atoms with Gasteiger partial charge in [-0.3, -0.25) is 4.79 Å². The van der Waals surface area contributed by atoms with Gasteiger partial charge < -0.3 is 14.2 Å². The van der Waals surface area contributed by atoms with E-state index < -0.39 is 5.41 Å². The summed E-state index contributed by atoms with van der Waals surface area (Å²) in [4.78, 5) is 12.2. The van der Waals surface area contributed by atoms with E-state index in [4.69, 9.17) is 14.2 Å². The number of esters is 1. The van der Waals surface area contributed by atoms with Crippen molar-refractivity contribution in [2.75, 3.05) is 20.3 Å². The topological polar surface area (TPSA) is 44.8 Å². The quantitative estimate of drug-likeness (QED) is 0.782. The van der Waals surface area contributed by atoms with Crippen LogP contribution in [-0.4, -0.2) is 32.4 Å². The molecule has 21 heavy (non-hydrogen) atoms. The van der Waals surface area contributed by atoms with Crippen LogP contribution in [0.4, 0.5) is 0 Å². The van der Waals surface area contributed by atoms with Crippen LogP contribution >= 0.6 is 0 Å². The van der Waals surface area contributed by atoms with E-state index in [1.807, 2.05) is 6.07 Å². The summed E-state index contributed by atoms with van der Waals surface area (Å²) in [7, 11) is 1.46. The zero-order chi connectivity index (χ0) is 14.9. The van der Waals surface area contributed by atoms with E-state index in [9.17, 15) is 4.79 Å². The van der Waals surface area contributed by atoms with Crippen LogP contribution in [0, 0.1) is 0 Å². The average molecular weight is 290 g/mol. The molecule has 0 amide bonds. The molecule has 2 fully saturated rings. The van der Waals surface area contributed by atoms with Gasteiger partial charge in [0.15, 0.2) is 0 Å². The molecule has 1 aliphatic carbocycles. The number of carbonyl (C=O) groups is 1. The van der Waals surface area contributed by atoms with Crippen LogP contribution in [0.25, 0.3) is 0 Å². The number of hydrogen-bond donors (Lipinski definition) is 0. The number of aryl methyl sites for hydroxylation is 1. The zero-order valence-corrected chi connectivity index (χ0v) is 12.7. The molecule has 0 radical (unpaired) electrons. The van der Waals surface area contributed by atoms with Crippen molar-refractivity contribution in [1.82, 2.24) is 0 Å². The van der Waals surface area contributed by atoms with Crippen molar-refractivity contribution in [3.63, 3.8) is 0 Å². The Morgan fingerprint density at radius 1 is 1.43 bits per heavy atom. The van der Waals surface area contributed by atoms with Gasteiger partial charge in [0.1, 0.15) is 11.9 Å². The number of benzene rings is 1. The van der Waals surface area contributed by atoms with Crippen LogP contribution in [0.2, 0.25) is 0 Å². The highest BCUT2D eigenvalue weighted by Gasteiger charge is 2.54. The third-order valence-electron chi connectivity index (χ3n) is 4.48. The van der Waals surface area contributed by atoms with Gasteiger partial charge in [0.2, 0.25) is 0 Å². The molecule has 2 aliphatic rings. The monoisotopic (exact) mass is 290 g/mol. The SMILES string of the molecule is CCc1ccc(O[C@H]2CCOC2)c(C2(C(=O)OC)CC2)c1. The highest BCUT2D eigenvalue weighted by atomic mass is 16.5. The minimum atomic E-state index is -0.491. The molecule has 114 valence electrons. The number of carbonyl (C=O) groups excluding carboxylic acids is 1. The average Bonchev–Trinajstić information content (AvgIpc) is 3.17. The maximum Gasteiger partial charge on any atom is 0.316 e.